The molecule has 1 aromatic rings. The first kappa shape index (κ1) is 12.3. The fourth-order valence-electron chi connectivity index (χ4n) is 1.20. The minimum atomic E-state index is -0.0715. The summed E-state index contributed by atoms with van der Waals surface area (Å²) in [5.41, 5.74) is 1.44. The number of hydrogen-bond acceptors (Lipinski definition) is 4. The summed E-state index contributed by atoms with van der Waals surface area (Å²) in [4.78, 5) is 2.44. The molecule has 0 heterocycles. The highest BCUT2D eigenvalue weighted by molar-refractivity contribution is 6.13. The van der Waals surface area contributed by atoms with E-state index in [0.717, 1.165) is 11.1 Å². The predicted molar refractivity (Wildman–Crippen MR) is 57.6 cm³/mol. The zero-order valence-corrected chi connectivity index (χ0v) is 9.00. The molecule has 0 aromatic heterocycles. The summed E-state index contributed by atoms with van der Waals surface area (Å²) in [6.07, 6.45) is 0. The van der Waals surface area contributed by atoms with Crippen LogP contribution in [0.15, 0.2) is 18.2 Å². The third-order valence-corrected chi connectivity index (χ3v) is 2.05. The normalized spacial score (nSPS) is 10.3. The zero-order chi connectivity index (χ0) is 11.1. The van der Waals surface area contributed by atoms with Crippen molar-refractivity contribution in [2.45, 2.75) is 13.2 Å². The standard InChI is InChI=1S/C10H14ClNO3/c11-12-1-2-15-10-4-8(6-13)3-9(5-10)7-14/h3-5,12-14H,1-2,6-7H2. The maximum absolute atomic E-state index is 8.98. The fourth-order valence-corrected chi connectivity index (χ4v) is 1.28. The zero-order valence-electron chi connectivity index (χ0n) is 8.24. The van der Waals surface area contributed by atoms with Gasteiger partial charge >= 0.3 is 0 Å². The summed E-state index contributed by atoms with van der Waals surface area (Å²) in [5.74, 6) is 0.623. The molecule has 3 N–H and O–H groups in total. The molecule has 0 amide bonds. The van der Waals surface area contributed by atoms with E-state index in [-0.39, 0.29) is 13.2 Å². The lowest BCUT2D eigenvalue weighted by molar-refractivity contribution is 0.271. The summed E-state index contributed by atoms with van der Waals surface area (Å²) < 4.78 is 5.36. The Morgan fingerprint density at radius 1 is 1.13 bits per heavy atom. The van der Waals surface area contributed by atoms with Crippen molar-refractivity contribution < 1.29 is 14.9 Å². The third kappa shape index (κ3) is 4.05. The number of ether oxygens (including phenoxy) is 1. The van der Waals surface area contributed by atoms with Gasteiger partial charge in [-0.2, -0.15) is 0 Å². The van der Waals surface area contributed by atoms with Crippen LogP contribution in [0.3, 0.4) is 0 Å². The van der Waals surface area contributed by atoms with Crippen LogP contribution >= 0.6 is 11.8 Å². The van der Waals surface area contributed by atoms with Gasteiger partial charge in [-0.3, -0.25) is 0 Å². The Hall–Kier alpha value is -0.810. The highest BCUT2D eigenvalue weighted by Gasteiger charge is 2.00. The van der Waals surface area contributed by atoms with Gasteiger partial charge in [0.25, 0.3) is 0 Å². The van der Waals surface area contributed by atoms with Gasteiger partial charge in [0.2, 0.25) is 0 Å². The minimum Gasteiger partial charge on any atom is -0.492 e. The van der Waals surface area contributed by atoms with Crippen molar-refractivity contribution in [3.05, 3.63) is 29.3 Å². The monoisotopic (exact) mass is 231 g/mol. The first-order valence-corrected chi connectivity index (χ1v) is 4.98. The van der Waals surface area contributed by atoms with Gasteiger partial charge in [-0.15, -0.1) is 0 Å². The Morgan fingerprint density at radius 3 is 2.20 bits per heavy atom. The molecule has 15 heavy (non-hydrogen) atoms. The van der Waals surface area contributed by atoms with Gasteiger partial charge in [0.15, 0.2) is 0 Å². The van der Waals surface area contributed by atoms with E-state index in [1.807, 2.05) is 0 Å². The molecule has 4 nitrogen and oxygen atoms in total. The average molecular weight is 232 g/mol. The summed E-state index contributed by atoms with van der Waals surface area (Å²) in [7, 11) is 0. The van der Waals surface area contributed by atoms with Crippen LogP contribution in [-0.4, -0.2) is 23.4 Å². The van der Waals surface area contributed by atoms with Crippen LogP contribution < -0.4 is 9.57 Å². The van der Waals surface area contributed by atoms with Crippen molar-refractivity contribution in [2.24, 2.45) is 0 Å². The molecule has 1 rings (SSSR count). The summed E-state index contributed by atoms with van der Waals surface area (Å²) >= 11 is 5.27. The Labute approximate surface area is 93.6 Å². The topological polar surface area (TPSA) is 61.7 Å². The number of rotatable bonds is 6. The van der Waals surface area contributed by atoms with Gasteiger partial charge in [0.05, 0.1) is 13.2 Å². The third-order valence-electron chi connectivity index (χ3n) is 1.86. The Balaban J connectivity index is 2.68. The molecule has 84 valence electrons. The van der Waals surface area contributed by atoms with Gasteiger partial charge in [-0.1, -0.05) is 6.07 Å². The SMILES string of the molecule is OCc1cc(CO)cc(OCCNCl)c1. The molecule has 0 aliphatic carbocycles. The largest absolute Gasteiger partial charge is 0.492 e. The second kappa shape index (κ2) is 6.63. The van der Waals surface area contributed by atoms with Crippen LogP contribution in [0.4, 0.5) is 0 Å². The van der Waals surface area contributed by atoms with Crippen LogP contribution in [0.5, 0.6) is 5.75 Å². The van der Waals surface area contributed by atoms with E-state index in [2.05, 4.69) is 4.84 Å². The molecular weight excluding hydrogens is 218 g/mol. The second-order valence-electron chi connectivity index (χ2n) is 3.03. The van der Waals surface area contributed by atoms with E-state index < -0.39 is 0 Å². The number of benzene rings is 1. The molecule has 0 saturated carbocycles. The number of hydrogen-bond donors (Lipinski definition) is 3. The Bertz CT molecular complexity index is 284. The molecule has 5 heteroatoms. The lowest BCUT2D eigenvalue weighted by Crippen LogP contribution is -2.11. The van der Waals surface area contributed by atoms with Crippen LogP contribution in [-0.2, 0) is 13.2 Å². The van der Waals surface area contributed by atoms with Crippen molar-refractivity contribution in [3.8, 4) is 5.75 Å². The van der Waals surface area contributed by atoms with E-state index in [1.165, 1.54) is 0 Å². The van der Waals surface area contributed by atoms with E-state index in [4.69, 9.17) is 26.7 Å². The predicted octanol–water partition coefficient (Wildman–Crippen LogP) is 0.793. The highest BCUT2D eigenvalue weighted by Crippen LogP contribution is 2.17. The lowest BCUT2D eigenvalue weighted by atomic mass is 10.1. The molecule has 0 fully saturated rings. The molecular formula is C10H14ClNO3. The quantitative estimate of drug-likeness (QED) is 0.501. The van der Waals surface area contributed by atoms with Crippen molar-refractivity contribution in [2.75, 3.05) is 13.2 Å². The number of aliphatic hydroxyl groups is 2. The molecule has 0 aliphatic rings. The first-order valence-electron chi connectivity index (χ1n) is 4.61. The molecule has 0 spiro atoms. The average Bonchev–Trinajstić information content (AvgIpc) is 2.29. The first-order chi connectivity index (χ1) is 7.30. The van der Waals surface area contributed by atoms with Crippen molar-refractivity contribution >= 4 is 11.8 Å². The molecule has 0 saturated heterocycles. The van der Waals surface area contributed by atoms with Crippen molar-refractivity contribution in [1.29, 1.82) is 0 Å². The van der Waals surface area contributed by atoms with Crippen LogP contribution in [0, 0.1) is 0 Å². The van der Waals surface area contributed by atoms with Crippen LogP contribution in [0.2, 0.25) is 0 Å². The summed E-state index contributed by atoms with van der Waals surface area (Å²) in [5, 5.41) is 18.0. The van der Waals surface area contributed by atoms with Gasteiger partial charge in [-0.05, 0) is 35.0 Å². The fraction of sp³-hybridized carbons (Fsp3) is 0.400. The highest BCUT2D eigenvalue weighted by atomic mass is 35.5. The van der Waals surface area contributed by atoms with E-state index in [1.54, 1.807) is 18.2 Å². The van der Waals surface area contributed by atoms with Gasteiger partial charge in [0, 0.05) is 6.54 Å². The van der Waals surface area contributed by atoms with Crippen LogP contribution in [0.25, 0.3) is 0 Å². The number of aliphatic hydroxyl groups excluding tert-OH is 2. The molecule has 0 atom stereocenters. The van der Waals surface area contributed by atoms with Gasteiger partial charge in [0.1, 0.15) is 12.4 Å². The van der Waals surface area contributed by atoms with E-state index in [9.17, 15) is 0 Å². The Morgan fingerprint density at radius 2 is 1.73 bits per heavy atom. The summed E-state index contributed by atoms with van der Waals surface area (Å²) in [6, 6.07) is 5.19. The maximum Gasteiger partial charge on any atom is 0.120 e. The molecule has 0 bridgehead atoms. The molecule has 1 aromatic carbocycles. The summed E-state index contributed by atoms with van der Waals surface area (Å²) in [6.45, 7) is 0.818. The molecule has 0 radical (unpaired) electrons. The number of nitrogens with one attached hydrogen (secondary N) is 1. The van der Waals surface area contributed by atoms with Gasteiger partial charge < -0.3 is 14.9 Å². The van der Waals surface area contributed by atoms with Crippen molar-refractivity contribution in [3.63, 3.8) is 0 Å². The van der Waals surface area contributed by atoms with E-state index >= 15 is 0 Å². The smallest absolute Gasteiger partial charge is 0.120 e. The minimum absolute atomic E-state index is 0.0715. The van der Waals surface area contributed by atoms with E-state index in [0.29, 0.717) is 18.9 Å². The maximum atomic E-state index is 8.98. The van der Waals surface area contributed by atoms with Gasteiger partial charge in [-0.25, -0.2) is 4.84 Å². The molecule has 0 aliphatic heterocycles. The Kier molecular flexibility index (Phi) is 5.42. The lowest BCUT2D eigenvalue weighted by Gasteiger charge is -2.08. The van der Waals surface area contributed by atoms with Crippen LogP contribution in [0.1, 0.15) is 11.1 Å². The number of halogens is 1. The second-order valence-corrected chi connectivity index (χ2v) is 3.30. The molecule has 0 unspecified atom stereocenters. The van der Waals surface area contributed by atoms with Crippen molar-refractivity contribution in [1.82, 2.24) is 4.84 Å².